The first-order valence-corrected chi connectivity index (χ1v) is 8.62. The van der Waals surface area contributed by atoms with Gasteiger partial charge in [0.25, 0.3) is 0 Å². The number of hydrogen-bond donors (Lipinski definition) is 1. The van der Waals surface area contributed by atoms with Crippen molar-refractivity contribution in [2.45, 2.75) is 25.0 Å². The molecule has 2 heterocycles. The summed E-state index contributed by atoms with van der Waals surface area (Å²) in [5.74, 6) is 3.12. The van der Waals surface area contributed by atoms with Gasteiger partial charge in [-0.3, -0.25) is 4.99 Å². The summed E-state index contributed by atoms with van der Waals surface area (Å²) < 4.78 is 6.57. The number of guanidine groups is 1. The number of aliphatic imine (C=N–C) groups is 1. The topological polar surface area (TPSA) is 40.8 Å². The normalized spacial score (nSPS) is 18.3. The van der Waals surface area contributed by atoms with Gasteiger partial charge in [-0.1, -0.05) is 0 Å². The molecule has 0 spiro atoms. The van der Waals surface area contributed by atoms with Crippen molar-refractivity contribution in [1.29, 1.82) is 0 Å². The number of thioether (sulfide) groups is 1. The molecule has 1 saturated heterocycles. The second-order valence-corrected chi connectivity index (χ2v) is 8.04. The van der Waals surface area contributed by atoms with Crippen molar-refractivity contribution in [2.24, 2.45) is 4.99 Å². The van der Waals surface area contributed by atoms with Crippen molar-refractivity contribution in [3.8, 4) is 0 Å². The third-order valence-electron chi connectivity index (χ3n) is 3.22. The Morgan fingerprint density at radius 3 is 2.86 bits per heavy atom. The Morgan fingerprint density at radius 1 is 1.52 bits per heavy atom. The minimum atomic E-state index is 0. The highest BCUT2D eigenvalue weighted by Gasteiger charge is 2.28. The first-order valence-electron chi connectivity index (χ1n) is 6.84. The van der Waals surface area contributed by atoms with Crippen LogP contribution in [-0.2, 0) is 6.42 Å². The van der Waals surface area contributed by atoms with Crippen LogP contribution < -0.4 is 5.32 Å². The molecule has 7 heteroatoms. The molecule has 0 amide bonds. The minimum Gasteiger partial charge on any atom is -0.454 e. The van der Waals surface area contributed by atoms with E-state index in [1.54, 1.807) is 0 Å². The van der Waals surface area contributed by atoms with Crippen molar-refractivity contribution < 1.29 is 4.42 Å². The summed E-state index contributed by atoms with van der Waals surface area (Å²) in [6, 6.07) is 3.92. The summed E-state index contributed by atoms with van der Waals surface area (Å²) in [7, 11) is 1.85. The van der Waals surface area contributed by atoms with Gasteiger partial charge in [0.1, 0.15) is 5.76 Å². The minimum absolute atomic E-state index is 0. The maximum Gasteiger partial charge on any atom is 0.193 e. The zero-order chi connectivity index (χ0) is 14.6. The van der Waals surface area contributed by atoms with Gasteiger partial charge in [0.2, 0.25) is 0 Å². The fraction of sp³-hybridized carbons (Fsp3) is 0.643. The highest BCUT2D eigenvalue weighted by atomic mass is 127. The molecule has 0 aliphatic carbocycles. The molecule has 1 N–H and O–H groups in total. The molecule has 0 bridgehead atoms. The third kappa shape index (κ3) is 6.02. The Morgan fingerprint density at radius 2 is 2.29 bits per heavy atom. The van der Waals surface area contributed by atoms with E-state index in [0.717, 1.165) is 48.2 Å². The molecular weight excluding hydrogens is 465 g/mol. The maximum absolute atomic E-state index is 5.50. The van der Waals surface area contributed by atoms with Crippen LogP contribution in [0.5, 0.6) is 0 Å². The fourth-order valence-corrected chi connectivity index (χ4v) is 3.76. The van der Waals surface area contributed by atoms with E-state index in [2.05, 4.69) is 45.0 Å². The molecule has 2 rings (SSSR count). The second kappa shape index (κ2) is 8.67. The van der Waals surface area contributed by atoms with Crippen LogP contribution in [0.25, 0.3) is 0 Å². The molecule has 1 aliphatic heterocycles. The van der Waals surface area contributed by atoms with E-state index in [0.29, 0.717) is 4.75 Å². The lowest BCUT2D eigenvalue weighted by Gasteiger charge is -2.39. The molecule has 0 aromatic carbocycles. The highest BCUT2D eigenvalue weighted by Crippen LogP contribution is 2.29. The maximum atomic E-state index is 5.50. The van der Waals surface area contributed by atoms with E-state index >= 15 is 0 Å². The molecule has 1 aromatic rings. The monoisotopic (exact) mass is 487 g/mol. The number of nitrogens with one attached hydrogen (secondary N) is 1. The zero-order valence-corrected chi connectivity index (χ0v) is 17.4. The number of nitrogens with zero attached hydrogens (tertiary/aromatic N) is 2. The van der Waals surface area contributed by atoms with E-state index in [-0.39, 0.29) is 24.0 Å². The highest BCUT2D eigenvalue weighted by molar-refractivity contribution is 14.0. The first kappa shape index (κ1) is 19.2. The third-order valence-corrected chi connectivity index (χ3v) is 4.94. The van der Waals surface area contributed by atoms with Crippen LogP contribution in [-0.4, -0.2) is 48.0 Å². The lowest BCUT2D eigenvalue weighted by molar-refractivity contribution is 0.375. The molecule has 21 heavy (non-hydrogen) atoms. The van der Waals surface area contributed by atoms with Crippen LogP contribution in [0.15, 0.2) is 26.2 Å². The van der Waals surface area contributed by atoms with Crippen molar-refractivity contribution in [3.05, 3.63) is 22.6 Å². The quantitative estimate of drug-likeness (QED) is 0.401. The average molecular weight is 488 g/mol. The summed E-state index contributed by atoms with van der Waals surface area (Å²) in [4.78, 5) is 6.74. The molecule has 0 atom stereocenters. The number of hydrogen-bond acceptors (Lipinski definition) is 3. The van der Waals surface area contributed by atoms with E-state index < -0.39 is 0 Å². The van der Waals surface area contributed by atoms with E-state index in [1.165, 1.54) is 0 Å². The summed E-state index contributed by atoms with van der Waals surface area (Å²) in [5, 5.41) is 3.43. The van der Waals surface area contributed by atoms with Crippen LogP contribution >= 0.6 is 51.7 Å². The lowest BCUT2D eigenvalue weighted by Crippen LogP contribution is -2.51. The van der Waals surface area contributed by atoms with E-state index in [1.807, 2.05) is 30.9 Å². The molecule has 120 valence electrons. The molecule has 1 fully saturated rings. The van der Waals surface area contributed by atoms with Gasteiger partial charge in [0.05, 0.1) is 0 Å². The van der Waals surface area contributed by atoms with Gasteiger partial charge in [-0.2, -0.15) is 11.8 Å². The smallest absolute Gasteiger partial charge is 0.193 e. The summed E-state index contributed by atoms with van der Waals surface area (Å²) in [5.41, 5.74) is 0. The number of rotatable bonds is 3. The molecule has 1 aliphatic rings. The lowest BCUT2D eigenvalue weighted by atomic mass is 10.2. The van der Waals surface area contributed by atoms with Crippen LogP contribution in [0, 0.1) is 0 Å². The summed E-state index contributed by atoms with van der Waals surface area (Å²) in [6.07, 6.45) is 0.858. The predicted octanol–water partition coefficient (Wildman–Crippen LogP) is 3.61. The van der Waals surface area contributed by atoms with Crippen molar-refractivity contribution in [2.75, 3.05) is 32.4 Å². The van der Waals surface area contributed by atoms with Crippen LogP contribution in [0.4, 0.5) is 0 Å². The van der Waals surface area contributed by atoms with Gasteiger partial charge >= 0.3 is 0 Å². The Balaban J connectivity index is 0.00000220. The largest absolute Gasteiger partial charge is 0.454 e. The molecule has 0 radical (unpaired) electrons. The van der Waals surface area contributed by atoms with Gasteiger partial charge in [-0.15, -0.1) is 24.0 Å². The SMILES string of the molecule is CN=C(NCCc1ccc(Br)o1)N1CCSC(C)(C)C1.I. The molecular formula is C14H23BrIN3OS. The standard InChI is InChI=1S/C14H22BrN3OS.HI/c1-14(2)10-18(8-9-20-14)13(16-3)17-7-6-11-4-5-12(15)19-11;/h4-5H,6-10H2,1-3H3,(H,16,17);1H. The van der Waals surface area contributed by atoms with Gasteiger partial charge in [0, 0.05) is 43.6 Å². The molecule has 0 saturated carbocycles. The van der Waals surface area contributed by atoms with Gasteiger partial charge in [0.15, 0.2) is 10.6 Å². The molecule has 0 unspecified atom stereocenters. The summed E-state index contributed by atoms with van der Waals surface area (Å²) >= 11 is 5.35. The van der Waals surface area contributed by atoms with Crippen molar-refractivity contribution in [1.82, 2.24) is 10.2 Å². The Kier molecular flexibility index (Phi) is 7.91. The first-order chi connectivity index (χ1) is 9.50. The van der Waals surface area contributed by atoms with Crippen LogP contribution in [0.3, 0.4) is 0 Å². The van der Waals surface area contributed by atoms with Gasteiger partial charge in [-0.05, 0) is 41.9 Å². The Labute approximate surface area is 156 Å². The Bertz CT molecular complexity index is 479. The predicted molar refractivity (Wildman–Crippen MR) is 105 cm³/mol. The van der Waals surface area contributed by atoms with Gasteiger partial charge < -0.3 is 14.6 Å². The van der Waals surface area contributed by atoms with Crippen molar-refractivity contribution >= 4 is 57.6 Å². The average Bonchev–Trinajstić information content (AvgIpc) is 2.79. The summed E-state index contributed by atoms with van der Waals surface area (Å²) in [6.45, 7) is 7.50. The van der Waals surface area contributed by atoms with Crippen LogP contribution in [0.2, 0.25) is 0 Å². The van der Waals surface area contributed by atoms with Gasteiger partial charge in [-0.25, -0.2) is 0 Å². The number of furan rings is 1. The van der Waals surface area contributed by atoms with E-state index in [4.69, 9.17) is 4.42 Å². The van der Waals surface area contributed by atoms with Crippen molar-refractivity contribution in [3.63, 3.8) is 0 Å². The molecule has 1 aromatic heterocycles. The Hall–Kier alpha value is 0.110. The van der Waals surface area contributed by atoms with E-state index in [9.17, 15) is 0 Å². The fourth-order valence-electron chi connectivity index (χ4n) is 2.31. The van der Waals surface area contributed by atoms with Crippen LogP contribution in [0.1, 0.15) is 19.6 Å². The second-order valence-electron chi connectivity index (χ2n) is 5.46. The molecule has 4 nitrogen and oxygen atoms in total. The number of halogens is 2. The zero-order valence-electron chi connectivity index (χ0n) is 12.7.